The molecule has 0 aliphatic carbocycles. The maximum absolute atomic E-state index is 11.0. The lowest BCUT2D eigenvalue weighted by molar-refractivity contribution is -0.151. The van der Waals surface area contributed by atoms with Crippen molar-refractivity contribution in [2.24, 2.45) is 0 Å². The zero-order valence-electron chi connectivity index (χ0n) is 9.22. The third kappa shape index (κ3) is 3.69. The number of hydrogen-bond acceptors (Lipinski definition) is 4. The van der Waals surface area contributed by atoms with Crippen LogP contribution in [0.5, 0.6) is 5.75 Å². The minimum absolute atomic E-state index is 0.0272. The molecule has 1 aromatic carbocycles. The zero-order valence-corrected chi connectivity index (χ0v) is 10.8. The van der Waals surface area contributed by atoms with Crippen LogP contribution < -0.4 is 4.74 Å². The van der Waals surface area contributed by atoms with Crippen LogP contribution in [0.2, 0.25) is 0 Å². The van der Waals surface area contributed by atoms with Crippen LogP contribution in [0.15, 0.2) is 22.7 Å². The number of halogens is 1. The highest BCUT2D eigenvalue weighted by atomic mass is 79.9. The summed E-state index contributed by atoms with van der Waals surface area (Å²) < 4.78 is 10.8. The van der Waals surface area contributed by atoms with Crippen molar-refractivity contribution in [3.63, 3.8) is 0 Å². The van der Waals surface area contributed by atoms with E-state index in [4.69, 9.17) is 19.7 Å². The van der Waals surface area contributed by atoms with Gasteiger partial charge >= 0.3 is 5.97 Å². The second-order valence-corrected chi connectivity index (χ2v) is 4.06. The fourth-order valence-electron chi connectivity index (χ4n) is 1.33. The van der Waals surface area contributed by atoms with E-state index < -0.39 is 12.1 Å². The number of carboxylic acid groups (broad SMARTS) is 1. The van der Waals surface area contributed by atoms with E-state index >= 15 is 0 Å². The fraction of sp³-hybridized carbons (Fsp3) is 0.364. The number of ether oxygens (including phenoxy) is 2. The summed E-state index contributed by atoms with van der Waals surface area (Å²) in [6.45, 7) is -0.248. The molecule has 1 aromatic rings. The Morgan fingerprint density at radius 1 is 1.53 bits per heavy atom. The molecule has 0 heterocycles. The third-order valence-corrected chi connectivity index (χ3v) is 2.70. The van der Waals surface area contributed by atoms with Crippen molar-refractivity contribution in [3.05, 3.63) is 28.2 Å². The molecule has 17 heavy (non-hydrogen) atoms. The molecule has 2 N–H and O–H groups in total. The number of carboxylic acids is 1. The number of carbonyl (C=O) groups is 1. The quantitative estimate of drug-likeness (QED) is 0.835. The van der Waals surface area contributed by atoms with Gasteiger partial charge in [-0.1, -0.05) is 6.07 Å². The van der Waals surface area contributed by atoms with Gasteiger partial charge in [0.05, 0.1) is 24.8 Å². The smallest absolute Gasteiger partial charge is 0.337 e. The standard InChI is InChI=1S/C11H13BrO5/c1-16-9-3-2-7(6-8(9)12)10(11(14)15)17-5-4-13/h2-3,6,10,13H,4-5H2,1H3,(H,14,15). The number of benzene rings is 1. The van der Waals surface area contributed by atoms with Crippen molar-refractivity contribution < 1.29 is 24.5 Å². The van der Waals surface area contributed by atoms with Gasteiger partial charge in [0.1, 0.15) is 5.75 Å². The predicted octanol–water partition coefficient (Wildman–Crippen LogP) is 1.59. The number of hydrogen-bond donors (Lipinski definition) is 2. The molecule has 0 bridgehead atoms. The Balaban J connectivity index is 2.94. The molecular weight excluding hydrogens is 292 g/mol. The van der Waals surface area contributed by atoms with Crippen molar-refractivity contribution >= 4 is 21.9 Å². The minimum Gasteiger partial charge on any atom is -0.496 e. The fourth-order valence-corrected chi connectivity index (χ4v) is 1.88. The lowest BCUT2D eigenvalue weighted by Gasteiger charge is -2.14. The van der Waals surface area contributed by atoms with Crippen LogP contribution in [0.1, 0.15) is 11.7 Å². The summed E-state index contributed by atoms with van der Waals surface area (Å²) in [5, 5.41) is 17.7. The molecule has 5 nitrogen and oxygen atoms in total. The van der Waals surface area contributed by atoms with Crippen LogP contribution in [-0.2, 0) is 9.53 Å². The SMILES string of the molecule is COc1ccc(C(OCCO)C(=O)O)cc1Br. The largest absolute Gasteiger partial charge is 0.496 e. The minimum atomic E-state index is -1.10. The summed E-state index contributed by atoms with van der Waals surface area (Å²) in [6.07, 6.45) is -1.09. The molecule has 0 amide bonds. The number of methoxy groups -OCH3 is 1. The summed E-state index contributed by atoms with van der Waals surface area (Å²) in [6, 6.07) is 4.88. The molecule has 6 heteroatoms. The maximum atomic E-state index is 11.0. The van der Waals surface area contributed by atoms with Crippen molar-refractivity contribution in [1.82, 2.24) is 0 Å². The lowest BCUT2D eigenvalue weighted by atomic mass is 10.1. The van der Waals surface area contributed by atoms with E-state index in [1.165, 1.54) is 7.11 Å². The first-order chi connectivity index (χ1) is 8.10. The highest BCUT2D eigenvalue weighted by Gasteiger charge is 2.21. The van der Waals surface area contributed by atoms with Gasteiger partial charge in [0.15, 0.2) is 6.10 Å². The van der Waals surface area contributed by atoms with Crippen LogP contribution in [0.25, 0.3) is 0 Å². The van der Waals surface area contributed by atoms with E-state index in [2.05, 4.69) is 15.9 Å². The van der Waals surface area contributed by atoms with Crippen molar-refractivity contribution in [2.75, 3.05) is 20.3 Å². The molecule has 0 radical (unpaired) electrons. The Morgan fingerprint density at radius 2 is 2.24 bits per heavy atom. The van der Waals surface area contributed by atoms with E-state index in [0.29, 0.717) is 15.8 Å². The van der Waals surface area contributed by atoms with Gasteiger partial charge in [0.25, 0.3) is 0 Å². The van der Waals surface area contributed by atoms with Crippen LogP contribution >= 0.6 is 15.9 Å². The van der Waals surface area contributed by atoms with Crippen LogP contribution in [0.3, 0.4) is 0 Å². The van der Waals surface area contributed by atoms with Crippen molar-refractivity contribution in [1.29, 1.82) is 0 Å². The van der Waals surface area contributed by atoms with E-state index in [1.54, 1.807) is 18.2 Å². The third-order valence-electron chi connectivity index (χ3n) is 2.08. The molecule has 1 atom stereocenters. The highest BCUT2D eigenvalue weighted by molar-refractivity contribution is 9.10. The summed E-state index contributed by atoms with van der Waals surface area (Å²) in [5.41, 5.74) is 0.485. The average Bonchev–Trinajstić information content (AvgIpc) is 2.29. The molecule has 0 aliphatic heterocycles. The van der Waals surface area contributed by atoms with Gasteiger partial charge in [-0.05, 0) is 33.6 Å². The Morgan fingerprint density at radius 3 is 2.71 bits per heavy atom. The number of aliphatic carboxylic acids is 1. The van der Waals surface area contributed by atoms with E-state index in [1.807, 2.05) is 0 Å². The van der Waals surface area contributed by atoms with Gasteiger partial charge in [-0.15, -0.1) is 0 Å². The van der Waals surface area contributed by atoms with Crippen LogP contribution in [0.4, 0.5) is 0 Å². The summed E-state index contributed by atoms with van der Waals surface area (Å²) >= 11 is 3.27. The van der Waals surface area contributed by atoms with Crippen LogP contribution in [0, 0.1) is 0 Å². The second-order valence-electron chi connectivity index (χ2n) is 3.21. The second kappa shape index (κ2) is 6.58. The summed E-state index contributed by atoms with van der Waals surface area (Å²) in [4.78, 5) is 11.0. The lowest BCUT2D eigenvalue weighted by Crippen LogP contribution is -2.17. The number of rotatable bonds is 6. The normalized spacial score (nSPS) is 12.2. The molecule has 0 spiro atoms. The Hall–Kier alpha value is -1.11. The Bertz CT molecular complexity index is 393. The van der Waals surface area contributed by atoms with Gasteiger partial charge in [-0.25, -0.2) is 4.79 Å². The highest BCUT2D eigenvalue weighted by Crippen LogP contribution is 2.29. The van der Waals surface area contributed by atoms with Gasteiger partial charge in [0.2, 0.25) is 0 Å². The first-order valence-electron chi connectivity index (χ1n) is 4.89. The average molecular weight is 305 g/mol. The first kappa shape index (κ1) is 14.0. The number of aliphatic hydroxyl groups excluding tert-OH is 1. The monoisotopic (exact) mass is 304 g/mol. The Kier molecular flexibility index (Phi) is 5.40. The van der Waals surface area contributed by atoms with Gasteiger partial charge in [0, 0.05) is 0 Å². The predicted molar refractivity (Wildman–Crippen MR) is 64.1 cm³/mol. The molecule has 0 saturated heterocycles. The van der Waals surface area contributed by atoms with E-state index in [9.17, 15) is 4.79 Å². The summed E-state index contributed by atoms with van der Waals surface area (Å²) in [5.74, 6) is -0.490. The molecule has 94 valence electrons. The first-order valence-corrected chi connectivity index (χ1v) is 5.68. The molecule has 1 unspecified atom stereocenters. The zero-order chi connectivity index (χ0) is 12.8. The van der Waals surface area contributed by atoms with Crippen LogP contribution in [-0.4, -0.2) is 36.5 Å². The van der Waals surface area contributed by atoms with Gasteiger partial charge in [-0.2, -0.15) is 0 Å². The molecule has 0 aromatic heterocycles. The molecule has 0 saturated carbocycles. The maximum Gasteiger partial charge on any atom is 0.337 e. The molecule has 1 rings (SSSR count). The van der Waals surface area contributed by atoms with Gasteiger partial charge < -0.3 is 19.7 Å². The van der Waals surface area contributed by atoms with E-state index in [0.717, 1.165) is 0 Å². The topological polar surface area (TPSA) is 76.0 Å². The Labute approximate surface area is 107 Å². The molecule has 0 fully saturated rings. The van der Waals surface area contributed by atoms with E-state index in [-0.39, 0.29) is 13.2 Å². The van der Waals surface area contributed by atoms with Crippen molar-refractivity contribution in [3.8, 4) is 5.75 Å². The van der Waals surface area contributed by atoms with Crippen molar-refractivity contribution in [2.45, 2.75) is 6.10 Å². The summed E-state index contributed by atoms with van der Waals surface area (Å²) in [7, 11) is 1.52. The van der Waals surface area contributed by atoms with Gasteiger partial charge in [-0.3, -0.25) is 0 Å². The molecule has 0 aliphatic rings. The number of aliphatic hydroxyl groups is 1. The molecular formula is C11H13BrO5.